The Kier molecular flexibility index (Phi) is 5.28. The standard InChI is InChI=1S/C17H18ClNO3/c1-11-4-6-13(18)10-14(11)19-17(20)9-12-5-7-15(21-2)16(8-12)22-3/h4-8,10H,9H2,1-3H3,(H,19,20). The maximum atomic E-state index is 12.2. The molecule has 0 saturated heterocycles. The third kappa shape index (κ3) is 3.92. The number of rotatable bonds is 5. The third-order valence-electron chi connectivity index (χ3n) is 3.29. The fraction of sp³-hybridized carbons (Fsp3) is 0.235. The van der Waals surface area contributed by atoms with Gasteiger partial charge in [-0.2, -0.15) is 0 Å². The first-order valence-corrected chi connectivity index (χ1v) is 7.18. The summed E-state index contributed by atoms with van der Waals surface area (Å²) < 4.78 is 10.4. The Bertz CT molecular complexity index is 686. The van der Waals surface area contributed by atoms with E-state index in [0.717, 1.165) is 16.8 Å². The van der Waals surface area contributed by atoms with Crippen LogP contribution < -0.4 is 14.8 Å². The average Bonchev–Trinajstić information content (AvgIpc) is 2.50. The summed E-state index contributed by atoms with van der Waals surface area (Å²) in [7, 11) is 3.14. The number of hydrogen-bond donors (Lipinski definition) is 1. The van der Waals surface area contributed by atoms with Crippen LogP contribution in [0.5, 0.6) is 11.5 Å². The van der Waals surface area contributed by atoms with Gasteiger partial charge in [-0.15, -0.1) is 0 Å². The van der Waals surface area contributed by atoms with E-state index in [0.29, 0.717) is 16.5 Å². The van der Waals surface area contributed by atoms with Crippen molar-refractivity contribution in [3.05, 3.63) is 52.5 Å². The number of anilines is 1. The third-order valence-corrected chi connectivity index (χ3v) is 3.52. The lowest BCUT2D eigenvalue weighted by atomic mass is 10.1. The lowest BCUT2D eigenvalue weighted by Crippen LogP contribution is -2.15. The van der Waals surface area contributed by atoms with E-state index in [-0.39, 0.29) is 12.3 Å². The molecule has 0 heterocycles. The van der Waals surface area contributed by atoms with E-state index < -0.39 is 0 Å². The van der Waals surface area contributed by atoms with Crippen molar-refractivity contribution in [2.45, 2.75) is 13.3 Å². The Morgan fingerprint density at radius 1 is 1.09 bits per heavy atom. The Labute approximate surface area is 135 Å². The van der Waals surface area contributed by atoms with Gasteiger partial charge in [-0.1, -0.05) is 23.7 Å². The normalized spacial score (nSPS) is 10.2. The number of nitrogens with one attached hydrogen (secondary N) is 1. The van der Waals surface area contributed by atoms with Crippen LogP contribution in [0.4, 0.5) is 5.69 Å². The zero-order chi connectivity index (χ0) is 16.1. The SMILES string of the molecule is COc1ccc(CC(=O)Nc2cc(Cl)ccc2C)cc1OC. The van der Waals surface area contributed by atoms with Crippen LogP contribution >= 0.6 is 11.6 Å². The predicted octanol–water partition coefficient (Wildman–Crippen LogP) is 3.85. The monoisotopic (exact) mass is 319 g/mol. The Hall–Kier alpha value is -2.20. The highest BCUT2D eigenvalue weighted by Gasteiger charge is 2.10. The lowest BCUT2D eigenvalue weighted by Gasteiger charge is -2.11. The summed E-state index contributed by atoms with van der Waals surface area (Å²) >= 11 is 5.95. The van der Waals surface area contributed by atoms with Crippen molar-refractivity contribution in [2.24, 2.45) is 0 Å². The lowest BCUT2D eigenvalue weighted by molar-refractivity contribution is -0.115. The predicted molar refractivity (Wildman–Crippen MR) is 88.1 cm³/mol. The molecule has 0 aliphatic heterocycles. The van der Waals surface area contributed by atoms with Gasteiger partial charge in [-0.05, 0) is 42.3 Å². The first-order chi connectivity index (χ1) is 10.5. The van der Waals surface area contributed by atoms with E-state index in [2.05, 4.69) is 5.32 Å². The van der Waals surface area contributed by atoms with E-state index in [1.165, 1.54) is 0 Å². The van der Waals surface area contributed by atoms with E-state index in [1.54, 1.807) is 38.5 Å². The van der Waals surface area contributed by atoms with Crippen molar-refractivity contribution in [2.75, 3.05) is 19.5 Å². The number of aryl methyl sites for hydroxylation is 1. The maximum Gasteiger partial charge on any atom is 0.228 e. The van der Waals surface area contributed by atoms with Crippen LogP contribution in [0.3, 0.4) is 0 Å². The molecule has 0 bridgehead atoms. The van der Waals surface area contributed by atoms with E-state index in [4.69, 9.17) is 21.1 Å². The van der Waals surface area contributed by atoms with Crippen LogP contribution in [0.15, 0.2) is 36.4 Å². The molecule has 0 spiro atoms. The molecule has 1 amide bonds. The van der Waals surface area contributed by atoms with Crippen LogP contribution in [0.2, 0.25) is 5.02 Å². The zero-order valence-electron chi connectivity index (χ0n) is 12.8. The second kappa shape index (κ2) is 7.18. The summed E-state index contributed by atoms with van der Waals surface area (Å²) in [5, 5.41) is 3.46. The molecule has 0 saturated carbocycles. The van der Waals surface area contributed by atoms with E-state index in [9.17, 15) is 4.79 Å². The molecule has 2 aromatic carbocycles. The molecule has 2 aromatic rings. The summed E-state index contributed by atoms with van der Waals surface area (Å²) in [6, 6.07) is 10.8. The minimum absolute atomic E-state index is 0.113. The second-order valence-electron chi connectivity index (χ2n) is 4.87. The molecular formula is C17H18ClNO3. The highest BCUT2D eigenvalue weighted by atomic mass is 35.5. The zero-order valence-corrected chi connectivity index (χ0v) is 13.5. The molecule has 116 valence electrons. The smallest absolute Gasteiger partial charge is 0.228 e. The quantitative estimate of drug-likeness (QED) is 0.910. The molecule has 0 radical (unpaired) electrons. The molecule has 0 fully saturated rings. The molecule has 0 aliphatic carbocycles. The summed E-state index contributed by atoms with van der Waals surface area (Å²) in [5.41, 5.74) is 2.53. The Balaban J connectivity index is 2.10. The van der Waals surface area contributed by atoms with E-state index >= 15 is 0 Å². The first kappa shape index (κ1) is 16.2. The van der Waals surface area contributed by atoms with Crippen LogP contribution in [-0.4, -0.2) is 20.1 Å². The van der Waals surface area contributed by atoms with Crippen molar-refractivity contribution in [3.8, 4) is 11.5 Å². The molecule has 0 unspecified atom stereocenters. The molecule has 0 aromatic heterocycles. The van der Waals surface area contributed by atoms with Crippen molar-refractivity contribution < 1.29 is 14.3 Å². The highest BCUT2D eigenvalue weighted by Crippen LogP contribution is 2.28. The second-order valence-corrected chi connectivity index (χ2v) is 5.31. The van der Waals surface area contributed by atoms with Gasteiger partial charge < -0.3 is 14.8 Å². The molecule has 0 atom stereocenters. The molecule has 22 heavy (non-hydrogen) atoms. The van der Waals surface area contributed by atoms with Gasteiger partial charge in [0.2, 0.25) is 5.91 Å². The number of carbonyl (C=O) groups is 1. The minimum atomic E-state index is -0.113. The molecular weight excluding hydrogens is 302 g/mol. The van der Waals surface area contributed by atoms with E-state index in [1.807, 2.05) is 19.1 Å². The number of benzene rings is 2. The van der Waals surface area contributed by atoms with Gasteiger partial charge in [0.25, 0.3) is 0 Å². The number of carbonyl (C=O) groups excluding carboxylic acids is 1. The van der Waals surface area contributed by atoms with Crippen LogP contribution in [0.25, 0.3) is 0 Å². The molecule has 1 N–H and O–H groups in total. The molecule has 0 aliphatic rings. The summed E-state index contributed by atoms with van der Waals surface area (Å²) in [5.74, 6) is 1.13. The maximum absolute atomic E-state index is 12.2. The van der Waals surface area contributed by atoms with Gasteiger partial charge in [-0.3, -0.25) is 4.79 Å². The summed E-state index contributed by atoms with van der Waals surface area (Å²) in [4.78, 5) is 12.2. The largest absolute Gasteiger partial charge is 0.493 e. The number of amides is 1. The number of halogens is 1. The number of methoxy groups -OCH3 is 2. The van der Waals surface area contributed by atoms with Crippen LogP contribution in [0, 0.1) is 6.92 Å². The van der Waals surface area contributed by atoms with Crippen molar-refractivity contribution in [1.82, 2.24) is 0 Å². The van der Waals surface area contributed by atoms with Gasteiger partial charge in [0.15, 0.2) is 11.5 Å². The summed E-state index contributed by atoms with van der Waals surface area (Å²) in [6.07, 6.45) is 0.242. The summed E-state index contributed by atoms with van der Waals surface area (Å²) in [6.45, 7) is 1.92. The molecule has 5 heteroatoms. The van der Waals surface area contributed by atoms with Gasteiger partial charge in [0.05, 0.1) is 20.6 Å². The van der Waals surface area contributed by atoms with Crippen molar-refractivity contribution >= 4 is 23.2 Å². The Morgan fingerprint density at radius 3 is 2.50 bits per heavy atom. The van der Waals surface area contributed by atoms with Crippen molar-refractivity contribution in [3.63, 3.8) is 0 Å². The first-order valence-electron chi connectivity index (χ1n) is 6.80. The Morgan fingerprint density at radius 2 is 1.82 bits per heavy atom. The minimum Gasteiger partial charge on any atom is -0.493 e. The number of ether oxygens (including phenoxy) is 2. The fourth-order valence-corrected chi connectivity index (χ4v) is 2.27. The number of hydrogen-bond acceptors (Lipinski definition) is 3. The van der Waals surface area contributed by atoms with Gasteiger partial charge in [0.1, 0.15) is 0 Å². The van der Waals surface area contributed by atoms with Crippen LogP contribution in [0.1, 0.15) is 11.1 Å². The van der Waals surface area contributed by atoms with Gasteiger partial charge in [-0.25, -0.2) is 0 Å². The molecule has 4 nitrogen and oxygen atoms in total. The molecule has 2 rings (SSSR count). The fourth-order valence-electron chi connectivity index (χ4n) is 2.10. The highest BCUT2D eigenvalue weighted by molar-refractivity contribution is 6.31. The van der Waals surface area contributed by atoms with Crippen molar-refractivity contribution in [1.29, 1.82) is 0 Å². The van der Waals surface area contributed by atoms with Gasteiger partial charge >= 0.3 is 0 Å². The van der Waals surface area contributed by atoms with Gasteiger partial charge in [0, 0.05) is 10.7 Å². The average molecular weight is 320 g/mol. The topological polar surface area (TPSA) is 47.6 Å². The van der Waals surface area contributed by atoms with Crippen LogP contribution in [-0.2, 0) is 11.2 Å².